The second-order valence-corrected chi connectivity index (χ2v) is 6.97. The summed E-state index contributed by atoms with van der Waals surface area (Å²) in [7, 11) is 1.37. The Morgan fingerprint density at radius 3 is 2.55 bits per heavy atom. The number of ether oxygens (including phenoxy) is 2. The number of nitrogens with zero attached hydrogens (tertiary/aromatic N) is 4. The minimum absolute atomic E-state index is 0.238. The number of carbonyl (C=O) groups excluding carboxylic acids is 1. The van der Waals surface area contributed by atoms with E-state index in [9.17, 15) is 4.79 Å². The Morgan fingerprint density at radius 2 is 1.86 bits per heavy atom. The second kappa shape index (κ2) is 8.45. The first kappa shape index (κ1) is 19.1. The van der Waals surface area contributed by atoms with E-state index in [2.05, 4.69) is 46.4 Å². The van der Waals surface area contributed by atoms with Crippen molar-refractivity contribution in [3.8, 4) is 0 Å². The first-order chi connectivity index (χ1) is 14.2. The fourth-order valence-electron chi connectivity index (χ4n) is 3.46. The highest BCUT2D eigenvalue weighted by atomic mass is 16.5. The zero-order chi connectivity index (χ0) is 20.2. The Bertz CT molecular complexity index is 966. The molecule has 7 heteroatoms. The highest BCUT2D eigenvalue weighted by Crippen LogP contribution is 2.31. The van der Waals surface area contributed by atoms with Crippen molar-refractivity contribution >= 4 is 11.7 Å². The number of methoxy groups -OCH3 is 1. The topological polar surface area (TPSA) is 69.5 Å². The number of aryl methyl sites for hydroxylation is 1. The molecule has 2 aromatic carbocycles. The van der Waals surface area contributed by atoms with Crippen LogP contribution in [0.15, 0.2) is 54.7 Å². The van der Waals surface area contributed by atoms with Gasteiger partial charge >= 0.3 is 5.97 Å². The summed E-state index contributed by atoms with van der Waals surface area (Å²) in [5.74, 6) is -0.343. The van der Waals surface area contributed by atoms with Crippen LogP contribution >= 0.6 is 0 Å². The third-order valence-corrected chi connectivity index (χ3v) is 5.10. The highest BCUT2D eigenvalue weighted by Gasteiger charge is 2.29. The molecular weight excluding hydrogens is 368 g/mol. The van der Waals surface area contributed by atoms with Crippen LogP contribution in [0.5, 0.6) is 0 Å². The molecule has 1 unspecified atom stereocenters. The Morgan fingerprint density at radius 1 is 1.14 bits per heavy atom. The summed E-state index contributed by atoms with van der Waals surface area (Å²) in [6.45, 7) is 4.19. The van der Waals surface area contributed by atoms with E-state index in [4.69, 9.17) is 9.47 Å². The van der Waals surface area contributed by atoms with Gasteiger partial charge in [0.1, 0.15) is 5.69 Å². The van der Waals surface area contributed by atoms with Crippen LogP contribution in [0.25, 0.3) is 0 Å². The summed E-state index contributed by atoms with van der Waals surface area (Å²) in [6.07, 6.45) is 2.70. The van der Waals surface area contributed by atoms with E-state index in [0.717, 1.165) is 29.9 Å². The van der Waals surface area contributed by atoms with E-state index >= 15 is 0 Å². The molecule has 1 aliphatic rings. The maximum Gasteiger partial charge on any atom is 0.337 e. The van der Waals surface area contributed by atoms with Gasteiger partial charge in [0, 0.05) is 12.2 Å². The van der Waals surface area contributed by atoms with Gasteiger partial charge < -0.3 is 14.4 Å². The van der Waals surface area contributed by atoms with E-state index in [1.807, 2.05) is 18.3 Å². The maximum absolute atomic E-state index is 11.5. The molecule has 1 aromatic heterocycles. The molecule has 0 bridgehead atoms. The number of anilines is 1. The summed E-state index contributed by atoms with van der Waals surface area (Å²) in [6, 6.07) is 15.9. The van der Waals surface area contributed by atoms with Crippen LogP contribution in [0.1, 0.15) is 40.3 Å². The van der Waals surface area contributed by atoms with Crippen molar-refractivity contribution in [1.29, 1.82) is 0 Å². The highest BCUT2D eigenvalue weighted by molar-refractivity contribution is 5.89. The number of benzene rings is 2. The number of esters is 1. The van der Waals surface area contributed by atoms with Crippen LogP contribution < -0.4 is 4.90 Å². The third kappa shape index (κ3) is 4.14. The molecule has 1 aliphatic heterocycles. The van der Waals surface area contributed by atoms with Crippen LogP contribution in [-0.4, -0.2) is 41.2 Å². The fraction of sp³-hybridized carbons (Fsp3) is 0.318. The minimum Gasteiger partial charge on any atom is -0.465 e. The first-order valence-corrected chi connectivity index (χ1v) is 9.72. The number of rotatable bonds is 6. The zero-order valence-electron chi connectivity index (χ0n) is 16.6. The van der Waals surface area contributed by atoms with Gasteiger partial charge in [0.05, 0.1) is 32.0 Å². The van der Waals surface area contributed by atoms with Crippen LogP contribution in [0.4, 0.5) is 5.69 Å². The lowest BCUT2D eigenvalue weighted by Gasteiger charge is -2.23. The smallest absolute Gasteiger partial charge is 0.337 e. The molecule has 0 spiro atoms. The van der Waals surface area contributed by atoms with Gasteiger partial charge in [0.15, 0.2) is 6.23 Å². The van der Waals surface area contributed by atoms with Crippen molar-refractivity contribution in [1.82, 2.24) is 15.0 Å². The Labute approximate surface area is 169 Å². The number of carbonyl (C=O) groups is 1. The average molecular weight is 392 g/mol. The molecule has 2 heterocycles. The molecule has 0 saturated carbocycles. The molecule has 150 valence electrons. The van der Waals surface area contributed by atoms with Gasteiger partial charge in [-0.1, -0.05) is 36.4 Å². The quantitative estimate of drug-likeness (QED) is 0.600. The normalized spacial score (nSPS) is 16.2. The minimum atomic E-state index is -0.343. The number of aromatic nitrogens is 3. The van der Waals surface area contributed by atoms with E-state index in [-0.39, 0.29) is 12.2 Å². The van der Waals surface area contributed by atoms with Crippen molar-refractivity contribution < 1.29 is 14.3 Å². The molecular formula is C22H24N4O3. The molecule has 3 aromatic rings. The predicted octanol–water partition coefficient (Wildman–Crippen LogP) is 3.21. The zero-order valence-corrected chi connectivity index (χ0v) is 16.6. The van der Waals surface area contributed by atoms with Crippen molar-refractivity contribution in [2.75, 3.05) is 25.2 Å². The van der Waals surface area contributed by atoms with Crippen molar-refractivity contribution in [2.45, 2.75) is 26.1 Å². The number of hydrogen-bond donors (Lipinski definition) is 0. The summed E-state index contributed by atoms with van der Waals surface area (Å²) in [4.78, 5) is 13.8. The summed E-state index contributed by atoms with van der Waals surface area (Å²) in [5, 5.41) is 8.59. The van der Waals surface area contributed by atoms with Crippen molar-refractivity contribution in [2.24, 2.45) is 0 Å². The Hall–Kier alpha value is -3.19. The molecule has 1 saturated heterocycles. The van der Waals surface area contributed by atoms with Gasteiger partial charge in [-0.15, -0.1) is 5.10 Å². The Balaban J connectivity index is 1.47. The van der Waals surface area contributed by atoms with Crippen molar-refractivity contribution in [3.05, 3.63) is 77.1 Å². The van der Waals surface area contributed by atoms with Crippen LogP contribution in [0.3, 0.4) is 0 Å². The lowest BCUT2D eigenvalue weighted by Crippen LogP contribution is -2.23. The molecule has 0 radical (unpaired) electrons. The number of hydrogen-bond acceptors (Lipinski definition) is 6. The molecule has 29 heavy (non-hydrogen) atoms. The van der Waals surface area contributed by atoms with Gasteiger partial charge in [0.2, 0.25) is 0 Å². The SMILES string of the molecule is CCc1ccc(N2CCOC2c2cn(Cc3ccc(C(=O)OC)cc3)nn2)cc1. The van der Waals surface area contributed by atoms with Gasteiger partial charge in [-0.05, 0) is 41.8 Å². The van der Waals surface area contributed by atoms with E-state index < -0.39 is 0 Å². The van der Waals surface area contributed by atoms with E-state index in [0.29, 0.717) is 18.7 Å². The molecule has 1 atom stereocenters. The second-order valence-electron chi connectivity index (χ2n) is 6.97. The van der Waals surface area contributed by atoms with Gasteiger partial charge in [-0.3, -0.25) is 0 Å². The molecule has 4 rings (SSSR count). The van der Waals surface area contributed by atoms with E-state index in [1.54, 1.807) is 16.8 Å². The van der Waals surface area contributed by atoms with E-state index in [1.165, 1.54) is 12.7 Å². The van der Waals surface area contributed by atoms with Gasteiger partial charge in [-0.2, -0.15) is 0 Å². The fourth-order valence-corrected chi connectivity index (χ4v) is 3.46. The lowest BCUT2D eigenvalue weighted by atomic mass is 10.1. The summed E-state index contributed by atoms with van der Waals surface area (Å²) in [5.41, 5.74) is 4.77. The summed E-state index contributed by atoms with van der Waals surface area (Å²) >= 11 is 0. The van der Waals surface area contributed by atoms with Gasteiger partial charge in [-0.25, -0.2) is 9.48 Å². The van der Waals surface area contributed by atoms with Crippen LogP contribution in [-0.2, 0) is 22.4 Å². The van der Waals surface area contributed by atoms with Crippen LogP contribution in [0, 0.1) is 0 Å². The van der Waals surface area contributed by atoms with Gasteiger partial charge in [0.25, 0.3) is 0 Å². The molecule has 0 aliphatic carbocycles. The van der Waals surface area contributed by atoms with Crippen molar-refractivity contribution in [3.63, 3.8) is 0 Å². The standard InChI is InChI=1S/C22H24N4O3/c1-3-16-6-10-19(11-7-16)26-12-13-29-21(26)20-15-25(24-23-20)14-17-4-8-18(9-5-17)22(27)28-2/h4-11,15,21H,3,12-14H2,1-2H3. The molecule has 7 nitrogen and oxygen atoms in total. The van der Waals surface area contributed by atoms with Crippen LogP contribution in [0.2, 0.25) is 0 Å². The molecule has 0 amide bonds. The monoisotopic (exact) mass is 392 g/mol. The molecule has 0 N–H and O–H groups in total. The largest absolute Gasteiger partial charge is 0.465 e. The maximum atomic E-state index is 11.5. The first-order valence-electron chi connectivity index (χ1n) is 9.72. The summed E-state index contributed by atoms with van der Waals surface area (Å²) < 4.78 is 12.4. The lowest BCUT2D eigenvalue weighted by molar-refractivity contribution is 0.0600. The third-order valence-electron chi connectivity index (χ3n) is 5.10. The Kier molecular flexibility index (Phi) is 5.57. The molecule has 1 fully saturated rings. The average Bonchev–Trinajstić information content (AvgIpc) is 3.43. The predicted molar refractivity (Wildman–Crippen MR) is 109 cm³/mol.